The van der Waals surface area contributed by atoms with Gasteiger partial charge in [0.15, 0.2) is 5.82 Å². The number of hydrogen-bond acceptors (Lipinski definition) is 5. The second-order valence-electron chi connectivity index (χ2n) is 5.32. The van der Waals surface area contributed by atoms with E-state index in [9.17, 15) is 0 Å². The van der Waals surface area contributed by atoms with Gasteiger partial charge in [0.2, 0.25) is 0 Å². The molecule has 3 heterocycles. The first-order valence-corrected chi connectivity index (χ1v) is 6.83. The molecule has 0 aliphatic heterocycles. The Hall–Kier alpha value is -2.44. The van der Waals surface area contributed by atoms with Crippen LogP contribution in [0.25, 0.3) is 11.0 Å². The number of hydrogen-bond donors (Lipinski definition) is 1. The van der Waals surface area contributed by atoms with Crippen molar-refractivity contribution in [1.29, 1.82) is 0 Å². The summed E-state index contributed by atoms with van der Waals surface area (Å²) in [6.45, 7) is 7.86. The number of rotatable bonds is 2. The zero-order chi connectivity index (χ0) is 15.3. The van der Waals surface area contributed by atoms with E-state index in [1.54, 1.807) is 0 Å². The lowest BCUT2D eigenvalue weighted by molar-refractivity contribution is 0.731. The van der Waals surface area contributed by atoms with Crippen LogP contribution in [0.3, 0.4) is 0 Å². The molecule has 3 rings (SSSR count). The molecule has 0 spiro atoms. The van der Waals surface area contributed by atoms with Crippen molar-refractivity contribution in [2.75, 3.05) is 5.32 Å². The largest absolute Gasteiger partial charge is 0.335 e. The molecule has 0 unspecified atom stereocenters. The van der Waals surface area contributed by atoms with Gasteiger partial charge in [-0.3, -0.25) is 9.36 Å². The second-order valence-corrected chi connectivity index (χ2v) is 5.32. The van der Waals surface area contributed by atoms with Crippen molar-refractivity contribution in [3.05, 3.63) is 22.9 Å². The predicted molar refractivity (Wildman–Crippen MR) is 81.7 cm³/mol. The molecule has 0 saturated heterocycles. The molecule has 0 amide bonds. The summed E-state index contributed by atoms with van der Waals surface area (Å²) in [7, 11) is 3.84. The van der Waals surface area contributed by atoms with Gasteiger partial charge < -0.3 is 5.32 Å². The average molecular weight is 285 g/mol. The minimum absolute atomic E-state index is 0.722. The second kappa shape index (κ2) is 4.54. The van der Waals surface area contributed by atoms with Gasteiger partial charge in [-0.1, -0.05) is 0 Å². The van der Waals surface area contributed by atoms with E-state index in [1.165, 1.54) is 0 Å². The third kappa shape index (κ3) is 2.05. The highest BCUT2D eigenvalue weighted by Gasteiger charge is 2.17. The molecule has 0 aromatic carbocycles. The summed E-state index contributed by atoms with van der Waals surface area (Å²) >= 11 is 0. The molecule has 1 N–H and O–H groups in total. The molecule has 0 bridgehead atoms. The molecule has 110 valence electrons. The number of nitrogens with zero attached hydrogens (tertiary/aromatic N) is 6. The molecule has 0 aliphatic carbocycles. The van der Waals surface area contributed by atoms with Crippen LogP contribution in [0.2, 0.25) is 0 Å². The maximum absolute atomic E-state index is 4.54. The van der Waals surface area contributed by atoms with Crippen LogP contribution in [-0.4, -0.2) is 29.5 Å². The van der Waals surface area contributed by atoms with Gasteiger partial charge in [0.1, 0.15) is 16.9 Å². The Labute approximate surface area is 123 Å². The van der Waals surface area contributed by atoms with Crippen molar-refractivity contribution < 1.29 is 0 Å². The van der Waals surface area contributed by atoms with Gasteiger partial charge in [0.05, 0.1) is 22.8 Å². The standard InChI is InChI=1S/C14H19N7/c1-7-11(9(3)20(5)18-7)17-14-13-12(15-10(4)16-14)8(2)19-21(13)6/h1-6H3,(H,15,16,17). The van der Waals surface area contributed by atoms with Crippen molar-refractivity contribution in [3.63, 3.8) is 0 Å². The number of nitrogens with one attached hydrogen (secondary N) is 1. The Morgan fingerprint density at radius 3 is 2.14 bits per heavy atom. The summed E-state index contributed by atoms with van der Waals surface area (Å²) in [6.07, 6.45) is 0. The van der Waals surface area contributed by atoms with E-state index in [0.29, 0.717) is 0 Å². The molecule has 0 fully saturated rings. The summed E-state index contributed by atoms with van der Waals surface area (Å²) < 4.78 is 3.67. The van der Waals surface area contributed by atoms with E-state index in [-0.39, 0.29) is 0 Å². The van der Waals surface area contributed by atoms with E-state index < -0.39 is 0 Å². The Bertz CT molecular complexity index is 841. The van der Waals surface area contributed by atoms with Gasteiger partial charge in [-0.05, 0) is 27.7 Å². The quantitative estimate of drug-likeness (QED) is 0.780. The zero-order valence-corrected chi connectivity index (χ0v) is 13.2. The maximum atomic E-state index is 4.54. The van der Waals surface area contributed by atoms with E-state index in [1.807, 2.05) is 51.2 Å². The van der Waals surface area contributed by atoms with Crippen LogP contribution >= 0.6 is 0 Å². The highest BCUT2D eigenvalue weighted by atomic mass is 15.3. The molecule has 3 aromatic heterocycles. The first-order valence-electron chi connectivity index (χ1n) is 6.83. The average Bonchev–Trinajstić information content (AvgIpc) is 2.81. The fourth-order valence-corrected chi connectivity index (χ4v) is 2.61. The van der Waals surface area contributed by atoms with Crippen molar-refractivity contribution in [3.8, 4) is 0 Å². The van der Waals surface area contributed by atoms with Crippen molar-refractivity contribution >= 4 is 22.5 Å². The van der Waals surface area contributed by atoms with Crippen molar-refractivity contribution in [2.24, 2.45) is 14.1 Å². The van der Waals surface area contributed by atoms with Crippen LogP contribution in [-0.2, 0) is 14.1 Å². The molecule has 7 heteroatoms. The summed E-state index contributed by atoms with van der Waals surface area (Å²) in [5, 5.41) is 12.3. The Morgan fingerprint density at radius 2 is 1.52 bits per heavy atom. The summed E-state index contributed by atoms with van der Waals surface area (Å²) in [4.78, 5) is 9.04. The van der Waals surface area contributed by atoms with E-state index in [0.717, 1.165) is 45.4 Å². The van der Waals surface area contributed by atoms with Crippen LogP contribution in [0.4, 0.5) is 11.5 Å². The van der Waals surface area contributed by atoms with E-state index >= 15 is 0 Å². The summed E-state index contributed by atoms with van der Waals surface area (Å²) in [6, 6.07) is 0. The number of anilines is 2. The highest BCUT2D eigenvalue weighted by Crippen LogP contribution is 2.28. The normalized spacial score (nSPS) is 11.3. The first kappa shape index (κ1) is 13.5. The molecule has 3 aromatic rings. The minimum atomic E-state index is 0.722. The predicted octanol–water partition coefficient (Wildman–Crippen LogP) is 2.07. The number of aromatic nitrogens is 6. The molecule has 0 saturated carbocycles. The lowest BCUT2D eigenvalue weighted by atomic mass is 10.3. The third-order valence-corrected chi connectivity index (χ3v) is 3.71. The van der Waals surface area contributed by atoms with Crippen LogP contribution in [0.15, 0.2) is 0 Å². The van der Waals surface area contributed by atoms with Crippen LogP contribution < -0.4 is 5.32 Å². The minimum Gasteiger partial charge on any atom is -0.335 e. The SMILES string of the molecule is Cc1nc(Nc2c(C)nn(C)c2C)c2c(n1)c(C)nn2C. The van der Waals surface area contributed by atoms with Crippen molar-refractivity contribution in [2.45, 2.75) is 27.7 Å². The van der Waals surface area contributed by atoms with Crippen LogP contribution in [0, 0.1) is 27.7 Å². The lowest BCUT2D eigenvalue weighted by Gasteiger charge is -2.09. The first-order chi connectivity index (χ1) is 9.88. The molecular formula is C14H19N7. The smallest absolute Gasteiger partial charge is 0.160 e. The van der Waals surface area contributed by atoms with Gasteiger partial charge in [0.25, 0.3) is 0 Å². The highest BCUT2D eigenvalue weighted by molar-refractivity contribution is 5.89. The van der Waals surface area contributed by atoms with Gasteiger partial charge in [-0.15, -0.1) is 0 Å². The molecule has 0 atom stereocenters. The van der Waals surface area contributed by atoms with Crippen molar-refractivity contribution in [1.82, 2.24) is 29.5 Å². The van der Waals surface area contributed by atoms with Gasteiger partial charge in [-0.25, -0.2) is 9.97 Å². The fourth-order valence-electron chi connectivity index (χ4n) is 2.61. The van der Waals surface area contributed by atoms with Crippen LogP contribution in [0.5, 0.6) is 0 Å². The summed E-state index contributed by atoms with van der Waals surface area (Å²) in [5.41, 5.74) is 5.68. The topological polar surface area (TPSA) is 73.5 Å². The summed E-state index contributed by atoms with van der Waals surface area (Å²) in [5.74, 6) is 1.49. The molecule has 21 heavy (non-hydrogen) atoms. The Kier molecular flexibility index (Phi) is 2.93. The molecular weight excluding hydrogens is 266 g/mol. The van der Waals surface area contributed by atoms with E-state index in [4.69, 9.17) is 0 Å². The third-order valence-electron chi connectivity index (χ3n) is 3.71. The number of fused-ring (bicyclic) bond motifs is 1. The zero-order valence-electron chi connectivity index (χ0n) is 13.2. The van der Waals surface area contributed by atoms with Gasteiger partial charge >= 0.3 is 0 Å². The lowest BCUT2D eigenvalue weighted by Crippen LogP contribution is -2.03. The van der Waals surface area contributed by atoms with Crippen LogP contribution in [0.1, 0.15) is 22.9 Å². The Morgan fingerprint density at radius 1 is 0.857 bits per heavy atom. The van der Waals surface area contributed by atoms with Gasteiger partial charge in [-0.2, -0.15) is 10.2 Å². The monoisotopic (exact) mass is 285 g/mol. The maximum Gasteiger partial charge on any atom is 0.160 e. The number of aryl methyl sites for hydroxylation is 5. The molecule has 0 radical (unpaired) electrons. The molecule has 0 aliphatic rings. The van der Waals surface area contributed by atoms with E-state index in [2.05, 4.69) is 25.5 Å². The fraction of sp³-hybridized carbons (Fsp3) is 0.429. The Balaban J connectivity index is 2.21. The van der Waals surface area contributed by atoms with Gasteiger partial charge in [0, 0.05) is 14.1 Å². The molecule has 7 nitrogen and oxygen atoms in total.